The van der Waals surface area contributed by atoms with Crippen molar-refractivity contribution in [1.82, 2.24) is 0 Å². The molecule has 0 unspecified atom stereocenters. The van der Waals surface area contributed by atoms with Gasteiger partial charge in [-0.15, -0.1) is 0 Å². The second-order valence-electron chi connectivity index (χ2n) is 6.10. The van der Waals surface area contributed by atoms with E-state index >= 15 is 0 Å². The average molecular weight is 309 g/mol. The minimum Gasteiger partial charge on any atom is -0.285 e. The van der Waals surface area contributed by atoms with Crippen molar-refractivity contribution in [3.05, 3.63) is 96.1 Å². The van der Waals surface area contributed by atoms with Crippen molar-refractivity contribution in [1.29, 1.82) is 0 Å². The molecule has 0 bridgehead atoms. The fraction of sp³-hybridized carbons (Fsp3) is 0.0870. The molecule has 0 aliphatic carbocycles. The van der Waals surface area contributed by atoms with Crippen molar-refractivity contribution in [2.75, 3.05) is 0 Å². The van der Waals surface area contributed by atoms with Crippen LogP contribution in [-0.4, -0.2) is 5.71 Å². The van der Waals surface area contributed by atoms with Gasteiger partial charge in [-0.3, -0.25) is 4.99 Å². The first-order chi connectivity index (χ1) is 11.8. The van der Waals surface area contributed by atoms with Gasteiger partial charge in [0.25, 0.3) is 0 Å². The summed E-state index contributed by atoms with van der Waals surface area (Å²) in [4.78, 5) is 4.84. The van der Waals surface area contributed by atoms with Gasteiger partial charge in [-0.05, 0) is 45.7 Å². The lowest BCUT2D eigenvalue weighted by Gasteiger charge is -2.06. The zero-order valence-electron chi connectivity index (χ0n) is 13.7. The van der Waals surface area contributed by atoms with Crippen LogP contribution in [0.4, 0.5) is 0 Å². The molecule has 0 saturated carbocycles. The second-order valence-corrected chi connectivity index (χ2v) is 6.10. The lowest BCUT2D eigenvalue weighted by Crippen LogP contribution is -1.96. The van der Waals surface area contributed by atoms with Gasteiger partial charge in [0, 0.05) is 5.71 Å². The third-order valence-corrected chi connectivity index (χ3v) is 4.53. The number of rotatable bonds is 3. The third kappa shape index (κ3) is 2.81. The van der Waals surface area contributed by atoms with Gasteiger partial charge < -0.3 is 0 Å². The van der Waals surface area contributed by atoms with Crippen LogP contribution in [0.1, 0.15) is 18.1 Å². The van der Waals surface area contributed by atoms with E-state index in [1.165, 1.54) is 32.7 Å². The molecule has 116 valence electrons. The van der Waals surface area contributed by atoms with Crippen LogP contribution >= 0.6 is 0 Å². The predicted molar refractivity (Wildman–Crippen MR) is 104 cm³/mol. The Balaban J connectivity index is 1.66. The van der Waals surface area contributed by atoms with E-state index < -0.39 is 0 Å². The van der Waals surface area contributed by atoms with Crippen LogP contribution in [0.3, 0.4) is 0 Å². The fourth-order valence-electron chi connectivity index (χ4n) is 3.14. The molecule has 24 heavy (non-hydrogen) atoms. The molecule has 4 rings (SSSR count). The smallest absolute Gasteiger partial charge is 0.0649 e. The van der Waals surface area contributed by atoms with E-state index in [-0.39, 0.29) is 0 Å². The predicted octanol–water partition coefficient (Wildman–Crippen LogP) is 6.00. The monoisotopic (exact) mass is 309 g/mol. The summed E-state index contributed by atoms with van der Waals surface area (Å²) in [6.07, 6.45) is 0. The highest BCUT2D eigenvalue weighted by molar-refractivity contribution is 6.02. The van der Waals surface area contributed by atoms with Crippen LogP contribution in [0.25, 0.3) is 21.5 Å². The third-order valence-electron chi connectivity index (χ3n) is 4.53. The maximum atomic E-state index is 4.84. The van der Waals surface area contributed by atoms with Crippen molar-refractivity contribution in [3.8, 4) is 0 Å². The van der Waals surface area contributed by atoms with E-state index in [9.17, 15) is 0 Å². The standard InChI is InChI=1S/C23H19N/c1-17(20-14-13-18-7-2-3-9-21(18)15-20)24-16-22-11-6-10-19-8-4-5-12-23(19)22/h2-15H,16H2,1H3. The summed E-state index contributed by atoms with van der Waals surface area (Å²) in [6, 6.07) is 29.9. The van der Waals surface area contributed by atoms with Crippen LogP contribution in [0.5, 0.6) is 0 Å². The highest BCUT2D eigenvalue weighted by Crippen LogP contribution is 2.20. The average Bonchev–Trinajstić information content (AvgIpc) is 2.65. The van der Waals surface area contributed by atoms with Gasteiger partial charge in [-0.1, -0.05) is 78.9 Å². The molecule has 1 nitrogen and oxygen atoms in total. The molecular formula is C23H19N. The molecule has 0 fully saturated rings. The first kappa shape index (κ1) is 14.6. The van der Waals surface area contributed by atoms with E-state index in [1.807, 2.05) is 0 Å². The number of benzene rings is 4. The number of fused-ring (bicyclic) bond motifs is 2. The number of hydrogen-bond acceptors (Lipinski definition) is 1. The largest absolute Gasteiger partial charge is 0.285 e. The van der Waals surface area contributed by atoms with Crippen LogP contribution in [-0.2, 0) is 6.54 Å². The molecule has 0 aliphatic heterocycles. The lowest BCUT2D eigenvalue weighted by atomic mass is 10.0. The summed E-state index contributed by atoms with van der Waals surface area (Å²) in [5, 5.41) is 5.08. The zero-order valence-corrected chi connectivity index (χ0v) is 13.7. The molecular weight excluding hydrogens is 290 g/mol. The van der Waals surface area contributed by atoms with Gasteiger partial charge in [-0.25, -0.2) is 0 Å². The Labute approximate surface area is 142 Å². The van der Waals surface area contributed by atoms with E-state index in [0.29, 0.717) is 6.54 Å². The van der Waals surface area contributed by atoms with Gasteiger partial charge in [0.15, 0.2) is 0 Å². The van der Waals surface area contributed by atoms with Crippen LogP contribution < -0.4 is 0 Å². The minimum absolute atomic E-state index is 0.708. The van der Waals surface area contributed by atoms with Crippen molar-refractivity contribution in [2.24, 2.45) is 4.99 Å². The van der Waals surface area contributed by atoms with Crippen LogP contribution in [0, 0.1) is 0 Å². The quantitative estimate of drug-likeness (QED) is 0.411. The number of aliphatic imine (C=N–C) groups is 1. The summed E-state index contributed by atoms with van der Waals surface area (Å²) < 4.78 is 0. The highest BCUT2D eigenvalue weighted by atomic mass is 14.7. The zero-order chi connectivity index (χ0) is 16.4. The van der Waals surface area contributed by atoms with Crippen molar-refractivity contribution >= 4 is 27.3 Å². The van der Waals surface area contributed by atoms with Gasteiger partial charge >= 0.3 is 0 Å². The molecule has 0 spiro atoms. The van der Waals surface area contributed by atoms with Crippen LogP contribution in [0.15, 0.2) is 89.9 Å². The van der Waals surface area contributed by atoms with Crippen LogP contribution in [0.2, 0.25) is 0 Å². The van der Waals surface area contributed by atoms with Gasteiger partial charge in [0.2, 0.25) is 0 Å². The molecule has 0 heterocycles. The Morgan fingerprint density at radius 2 is 1.42 bits per heavy atom. The maximum Gasteiger partial charge on any atom is 0.0649 e. The Morgan fingerprint density at radius 3 is 2.29 bits per heavy atom. The fourth-order valence-corrected chi connectivity index (χ4v) is 3.14. The van der Waals surface area contributed by atoms with E-state index in [0.717, 1.165) is 5.71 Å². The molecule has 0 atom stereocenters. The number of nitrogens with zero attached hydrogens (tertiary/aromatic N) is 1. The van der Waals surface area contributed by atoms with E-state index in [2.05, 4.69) is 91.9 Å². The SMILES string of the molecule is CC(=NCc1cccc2ccccc12)c1ccc2ccccc2c1. The summed E-state index contributed by atoms with van der Waals surface area (Å²) in [6.45, 7) is 2.80. The molecule has 0 aromatic heterocycles. The van der Waals surface area contributed by atoms with E-state index in [4.69, 9.17) is 4.99 Å². The Hall–Kier alpha value is -2.93. The molecule has 4 aromatic carbocycles. The molecule has 1 heteroatoms. The van der Waals surface area contributed by atoms with E-state index in [1.54, 1.807) is 0 Å². The minimum atomic E-state index is 0.708. The van der Waals surface area contributed by atoms with Gasteiger partial charge in [0.1, 0.15) is 0 Å². The summed E-state index contributed by atoms with van der Waals surface area (Å²) in [7, 11) is 0. The molecule has 0 amide bonds. The van der Waals surface area contributed by atoms with Crippen molar-refractivity contribution in [2.45, 2.75) is 13.5 Å². The molecule has 0 saturated heterocycles. The summed E-state index contributed by atoms with van der Waals surface area (Å²) in [5.74, 6) is 0. The molecule has 4 aromatic rings. The van der Waals surface area contributed by atoms with Crippen molar-refractivity contribution < 1.29 is 0 Å². The first-order valence-electron chi connectivity index (χ1n) is 8.28. The van der Waals surface area contributed by atoms with Crippen molar-refractivity contribution in [3.63, 3.8) is 0 Å². The lowest BCUT2D eigenvalue weighted by molar-refractivity contribution is 1.08. The topological polar surface area (TPSA) is 12.4 Å². The van der Waals surface area contributed by atoms with Gasteiger partial charge in [0.05, 0.1) is 6.54 Å². The first-order valence-corrected chi connectivity index (χ1v) is 8.28. The second kappa shape index (κ2) is 6.29. The highest BCUT2D eigenvalue weighted by Gasteiger charge is 2.02. The molecule has 0 radical (unpaired) electrons. The number of hydrogen-bond donors (Lipinski definition) is 0. The molecule has 0 aliphatic rings. The summed E-state index contributed by atoms with van der Waals surface area (Å²) in [5.41, 5.74) is 3.54. The Bertz CT molecular complexity index is 1040. The maximum absolute atomic E-state index is 4.84. The Morgan fingerprint density at radius 1 is 0.708 bits per heavy atom. The Kier molecular flexibility index (Phi) is 3.84. The summed E-state index contributed by atoms with van der Waals surface area (Å²) >= 11 is 0. The normalized spacial score (nSPS) is 12.0. The molecule has 0 N–H and O–H groups in total. The van der Waals surface area contributed by atoms with Gasteiger partial charge in [-0.2, -0.15) is 0 Å².